The van der Waals surface area contributed by atoms with Gasteiger partial charge < -0.3 is 21.5 Å². The maximum Gasteiger partial charge on any atom is 0.175 e. The van der Waals surface area contributed by atoms with Crippen LogP contribution in [0.3, 0.4) is 0 Å². The molecule has 5 N–H and O–H groups in total. The summed E-state index contributed by atoms with van der Waals surface area (Å²) in [6.45, 7) is 12.7. The summed E-state index contributed by atoms with van der Waals surface area (Å²) < 4.78 is 0. The summed E-state index contributed by atoms with van der Waals surface area (Å²) >= 11 is 0. The van der Waals surface area contributed by atoms with Gasteiger partial charge in [-0.2, -0.15) is 0 Å². The van der Waals surface area contributed by atoms with Gasteiger partial charge in [-0.15, -0.1) is 0 Å². The van der Waals surface area contributed by atoms with Gasteiger partial charge in [0.2, 0.25) is 0 Å². The summed E-state index contributed by atoms with van der Waals surface area (Å²) in [5.74, 6) is 0.226. The third-order valence-electron chi connectivity index (χ3n) is 4.18. The van der Waals surface area contributed by atoms with Crippen molar-refractivity contribution in [2.45, 2.75) is 51.6 Å². The van der Waals surface area contributed by atoms with Crippen molar-refractivity contribution >= 4 is 5.78 Å². The molecule has 1 aromatic rings. The van der Waals surface area contributed by atoms with Crippen LogP contribution in [0.5, 0.6) is 5.75 Å². The normalized spacial score (nSPS) is 13.0. The van der Waals surface area contributed by atoms with Gasteiger partial charge >= 0.3 is 0 Å². The van der Waals surface area contributed by atoms with E-state index in [0.717, 1.165) is 30.5 Å². The average Bonchev–Trinajstić information content (AvgIpc) is 2.59. The van der Waals surface area contributed by atoms with Crippen LogP contribution in [0.4, 0.5) is 0 Å². The Morgan fingerprint density at radius 1 is 1.19 bits per heavy atom. The van der Waals surface area contributed by atoms with Crippen LogP contribution in [0.1, 0.15) is 38.7 Å². The molecular formula is C21H33N3O2. The van der Waals surface area contributed by atoms with Crippen molar-refractivity contribution in [1.29, 1.82) is 0 Å². The zero-order valence-corrected chi connectivity index (χ0v) is 16.1. The van der Waals surface area contributed by atoms with Gasteiger partial charge in [-0.3, -0.25) is 4.79 Å². The fourth-order valence-electron chi connectivity index (χ4n) is 2.82. The van der Waals surface area contributed by atoms with E-state index in [0.29, 0.717) is 25.1 Å². The van der Waals surface area contributed by atoms with E-state index >= 15 is 0 Å². The molecule has 0 amide bonds. The minimum absolute atomic E-state index is 0.00843. The molecule has 2 atom stereocenters. The van der Waals surface area contributed by atoms with Gasteiger partial charge in [-0.1, -0.05) is 31.7 Å². The Morgan fingerprint density at radius 3 is 2.38 bits per heavy atom. The molecule has 0 aliphatic carbocycles. The third kappa shape index (κ3) is 8.32. The van der Waals surface area contributed by atoms with Crippen molar-refractivity contribution < 1.29 is 9.90 Å². The quantitative estimate of drug-likeness (QED) is 0.321. The molecule has 0 aliphatic heterocycles. The summed E-state index contributed by atoms with van der Waals surface area (Å²) in [5.41, 5.74) is 8.01. The molecule has 0 bridgehead atoms. The van der Waals surface area contributed by atoms with E-state index in [9.17, 15) is 9.90 Å². The highest BCUT2D eigenvalue weighted by Gasteiger charge is 2.20. The fourth-order valence-corrected chi connectivity index (χ4v) is 2.82. The molecule has 144 valence electrons. The number of carbonyl (C=O) groups is 1. The Morgan fingerprint density at radius 2 is 1.85 bits per heavy atom. The predicted octanol–water partition coefficient (Wildman–Crippen LogP) is 2.66. The van der Waals surface area contributed by atoms with Gasteiger partial charge in [-0.05, 0) is 62.9 Å². The van der Waals surface area contributed by atoms with Crippen LogP contribution in [0.2, 0.25) is 0 Å². The first-order valence-corrected chi connectivity index (χ1v) is 9.16. The van der Waals surface area contributed by atoms with Gasteiger partial charge in [0.15, 0.2) is 5.78 Å². The van der Waals surface area contributed by atoms with Gasteiger partial charge in [-0.25, -0.2) is 0 Å². The number of nitrogens with two attached hydrogens (primary N) is 1. The second kappa shape index (κ2) is 11.5. The lowest BCUT2D eigenvalue weighted by molar-refractivity contribution is -0.117. The first-order valence-electron chi connectivity index (χ1n) is 9.16. The van der Waals surface area contributed by atoms with Crippen molar-refractivity contribution in [3.05, 3.63) is 54.3 Å². The molecule has 0 saturated heterocycles. The molecule has 0 unspecified atom stereocenters. The van der Waals surface area contributed by atoms with Crippen LogP contribution in [0, 0.1) is 0 Å². The number of phenolic OH excluding ortho intramolecular Hbond substituents is 1. The average molecular weight is 360 g/mol. The molecule has 1 aromatic carbocycles. The smallest absolute Gasteiger partial charge is 0.175 e. The third-order valence-corrected chi connectivity index (χ3v) is 4.18. The topological polar surface area (TPSA) is 87.4 Å². The van der Waals surface area contributed by atoms with Crippen molar-refractivity contribution in [1.82, 2.24) is 10.6 Å². The molecule has 0 spiro atoms. The van der Waals surface area contributed by atoms with E-state index < -0.39 is 0 Å². The van der Waals surface area contributed by atoms with Gasteiger partial charge in [0.05, 0.1) is 6.04 Å². The van der Waals surface area contributed by atoms with Gasteiger partial charge in [0.1, 0.15) is 5.75 Å². The number of allylic oxidation sites excluding steroid dienone is 1. The molecule has 1 rings (SSSR count). The number of phenols is 1. The highest BCUT2D eigenvalue weighted by Crippen LogP contribution is 2.13. The summed E-state index contributed by atoms with van der Waals surface area (Å²) in [6.07, 6.45) is 3.52. The summed E-state index contributed by atoms with van der Waals surface area (Å²) in [5, 5.41) is 16.2. The van der Waals surface area contributed by atoms with E-state index in [-0.39, 0.29) is 23.6 Å². The highest BCUT2D eigenvalue weighted by molar-refractivity contribution is 5.98. The zero-order valence-electron chi connectivity index (χ0n) is 16.1. The highest BCUT2D eigenvalue weighted by atomic mass is 16.3. The molecule has 0 aliphatic rings. The number of Topliss-reactive ketones (excluding diaryl/α,β-unsaturated/α-hetero) is 1. The molecule has 0 heterocycles. The van der Waals surface area contributed by atoms with Crippen LogP contribution < -0.4 is 16.4 Å². The Labute approximate surface area is 157 Å². The fraction of sp³-hybridized carbons (Fsp3) is 0.476. The van der Waals surface area contributed by atoms with E-state index in [4.69, 9.17) is 5.73 Å². The Bertz CT molecular complexity index is 596. The first kappa shape index (κ1) is 21.9. The number of hydrogen-bond acceptors (Lipinski definition) is 5. The van der Waals surface area contributed by atoms with Crippen LogP contribution in [0.15, 0.2) is 48.7 Å². The van der Waals surface area contributed by atoms with Crippen molar-refractivity contribution in [3.8, 4) is 5.75 Å². The van der Waals surface area contributed by atoms with E-state index in [2.05, 4.69) is 23.8 Å². The number of ketones is 1. The summed E-state index contributed by atoms with van der Waals surface area (Å²) in [4.78, 5) is 12.5. The van der Waals surface area contributed by atoms with Crippen LogP contribution in [0.25, 0.3) is 0 Å². The summed E-state index contributed by atoms with van der Waals surface area (Å²) in [7, 11) is 0. The Balaban J connectivity index is 2.75. The lowest BCUT2D eigenvalue weighted by Crippen LogP contribution is -2.46. The predicted molar refractivity (Wildman–Crippen MR) is 108 cm³/mol. The molecule has 5 nitrogen and oxygen atoms in total. The van der Waals surface area contributed by atoms with E-state index in [1.54, 1.807) is 19.1 Å². The van der Waals surface area contributed by atoms with Crippen LogP contribution in [-0.2, 0) is 11.2 Å². The maximum absolute atomic E-state index is 12.5. The SMILES string of the molecule is C=C(C)N[C@@H](CCCCN)CN[C@@H](Cc1ccc(O)cc1)C(=O)C(=C)C. The van der Waals surface area contributed by atoms with Crippen molar-refractivity contribution in [3.63, 3.8) is 0 Å². The standard InChI is InChI=1S/C21H33N3O2/c1-15(2)21(26)20(13-17-8-10-19(25)11-9-17)23-14-18(24-16(3)4)7-5-6-12-22/h8-11,18,20,23-25H,1,3,5-7,12-14,22H2,2,4H3/t18-,20-/m0/s1. The number of carbonyl (C=O) groups excluding carboxylic acids is 1. The van der Waals surface area contributed by atoms with Crippen molar-refractivity contribution in [2.75, 3.05) is 13.1 Å². The van der Waals surface area contributed by atoms with Crippen molar-refractivity contribution in [2.24, 2.45) is 5.73 Å². The molecule has 5 heteroatoms. The number of benzene rings is 1. The number of aromatic hydroxyl groups is 1. The molecule has 0 radical (unpaired) electrons. The molecule has 0 aromatic heterocycles. The largest absolute Gasteiger partial charge is 0.508 e. The molecular weight excluding hydrogens is 326 g/mol. The first-order chi connectivity index (χ1) is 12.3. The molecule has 0 fully saturated rings. The molecule has 0 saturated carbocycles. The minimum atomic E-state index is -0.346. The zero-order chi connectivity index (χ0) is 19.5. The number of nitrogens with one attached hydrogen (secondary N) is 2. The number of hydrogen-bond donors (Lipinski definition) is 4. The monoisotopic (exact) mass is 359 g/mol. The van der Waals surface area contributed by atoms with Crippen LogP contribution in [-0.4, -0.2) is 36.1 Å². The van der Waals surface area contributed by atoms with E-state index in [1.165, 1.54) is 0 Å². The molecule has 26 heavy (non-hydrogen) atoms. The van der Waals surface area contributed by atoms with Gasteiger partial charge in [0, 0.05) is 18.3 Å². The lowest BCUT2D eigenvalue weighted by atomic mass is 9.98. The maximum atomic E-state index is 12.5. The van der Waals surface area contributed by atoms with E-state index in [1.807, 2.05) is 19.1 Å². The lowest BCUT2D eigenvalue weighted by Gasteiger charge is -2.24. The Kier molecular flexibility index (Phi) is 9.70. The second-order valence-electron chi connectivity index (χ2n) is 6.88. The Hall–Kier alpha value is -2.11. The van der Waals surface area contributed by atoms with Crippen LogP contribution >= 0.6 is 0 Å². The second-order valence-corrected chi connectivity index (χ2v) is 6.88. The minimum Gasteiger partial charge on any atom is -0.508 e. The summed E-state index contributed by atoms with van der Waals surface area (Å²) in [6, 6.07) is 6.78. The van der Waals surface area contributed by atoms with Gasteiger partial charge in [0.25, 0.3) is 0 Å². The number of rotatable bonds is 13. The number of unbranched alkanes of at least 4 members (excludes halogenated alkanes) is 1.